The molecule has 0 atom stereocenters. The van der Waals surface area contributed by atoms with Gasteiger partial charge in [-0.3, -0.25) is 0 Å². The molecule has 0 bridgehead atoms. The first-order valence-electron chi connectivity index (χ1n) is 7.76. The molecule has 0 unspecified atom stereocenters. The van der Waals surface area contributed by atoms with Crippen molar-refractivity contribution < 1.29 is 0 Å². The summed E-state index contributed by atoms with van der Waals surface area (Å²) in [7, 11) is 0. The summed E-state index contributed by atoms with van der Waals surface area (Å²) in [6.07, 6.45) is 14.2. The summed E-state index contributed by atoms with van der Waals surface area (Å²) >= 11 is 0. The van der Waals surface area contributed by atoms with Crippen molar-refractivity contribution in [1.29, 1.82) is 0 Å². The maximum absolute atomic E-state index is 3.93. The Kier molecular flexibility index (Phi) is 7.99. The van der Waals surface area contributed by atoms with E-state index in [1.54, 1.807) is 0 Å². The fourth-order valence-electron chi connectivity index (χ4n) is 2.85. The van der Waals surface area contributed by atoms with Crippen molar-refractivity contribution in [1.82, 2.24) is 0 Å². The average molecular weight is 291 g/mol. The highest BCUT2D eigenvalue weighted by Crippen LogP contribution is 2.31. The van der Waals surface area contributed by atoms with Crippen LogP contribution in [-0.2, 0) is 19.3 Å². The van der Waals surface area contributed by atoms with Crippen molar-refractivity contribution in [3.63, 3.8) is 0 Å². The van der Waals surface area contributed by atoms with E-state index in [9.17, 15) is 0 Å². The first kappa shape index (κ1) is 18.0. The SMILES string of the molecule is C=CC[C](CC=C)c1ccc(CC=C)c(CC=C)c1CC=C. The Bertz CT molecular complexity index is 535. The Hall–Kier alpha value is -2.08. The molecule has 0 spiro atoms. The molecule has 1 aromatic carbocycles. The van der Waals surface area contributed by atoms with Crippen LogP contribution in [0, 0.1) is 5.92 Å². The van der Waals surface area contributed by atoms with Crippen molar-refractivity contribution in [2.75, 3.05) is 0 Å². The van der Waals surface area contributed by atoms with Gasteiger partial charge in [-0.15, -0.1) is 32.9 Å². The Balaban J connectivity index is 3.47. The van der Waals surface area contributed by atoms with Gasteiger partial charge in [-0.25, -0.2) is 0 Å². The summed E-state index contributed by atoms with van der Waals surface area (Å²) in [6, 6.07) is 4.45. The van der Waals surface area contributed by atoms with Crippen LogP contribution in [0.5, 0.6) is 0 Å². The van der Waals surface area contributed by atoms with E-state index in [1.807, 2.05) is 30.4 Å². The quantitative estimate of drug-likeness (QED) is 0.442. The smallest absolute Gasteiger partial charge is 0.0127 e. The molecule has 1 aromatic rings. The fourth-order valence-corrected chi connectivity index (χ4v) is 2.85. The van der Waals surface area contributed by atoms with Crippen LogP contribution in [0.1, 0.15) is 35.1 Å². The van der Waals surface area contributed by atoms with Crippen molar-refractivity contribution in [2.45, 2.75) is 32.1 Å². The number of benzene rings is 1. The molecule has 0 saturated heterocycles. The predicted molar refractivity (Wildman–Crippen MR) is 100 cm³/mol. The molecule has 0 nitrogen and oxygen atoms in total. The van der Waals surface area contributed by atoms with Crippen LogP contribution in [0.2, 0.25) is 0 Å². The Morgan fingerprint density at radius 1 is 0.682 bits per heavy atom. The number of hydrogen-bond donors (Lipinski definition) is 0. The highest BCUT2D eigenvalue weighted by molar-refractivity contribution is 5.50. The monoisotopic (exact) mass is 291 g/mol. The lowest BCUT2D eigenvalue weighted by molar-refractivity contribution is 0.922. The van der Waals surface area contributed by atoms with E-state index in [1.165, 1.54) is 28.2 Å². The zero-order chi connectivity index (χ0) is 16.4. The standard InChI is InChI=1S/C22H27/c1-6-11-18(12-7-2)21-17-16-19(13-8-3)20(14-9-4)22(21)15-10-5/h6-10,16-17H,1-5,11-15H2. The first-order valence-corrected chi connectivity index (χ1v) is 7.76. The second-order valence-electron chi connectivity index (χ2n) is 5.30. The lowest BCUT2D eigenvalue weighted by Gasteiger charge is -2.22. The fraction of sp³-hybridized carbons (Fsp3) is 0.227. The molecule has 115 valence electrons. The molecule has 0 heterocycles. The molecule has 1 radical (unpaired) electrons. The minimum atomic E-state index is 0.862. The molecule has 1 rings (SSSR count). The van der Waals surface area contributed by atoms with Gasteiger partial charge in [-0.2, -0.15) is 0 Å². The van der Waals surface area contributed by atoms with Gasteiger partial charge in [0.05, 0.1) is 0 Å². The molecule has 0 N–H and O–H groups in total. The molecule has 0 aromatic heterocycles. The predicted octanol–water partition coefficient (Wildman–Crippen LogP) is 5.95. The largest absolute Gasteiger partial charge is 0.103 e. The summed E-state index contributed by atoms with van der Waals surface area (Å²) in [6.45, 7) is 19.5. The molecular weight excluding hydrogens is 264 g/mol. The van der Waals surface area contributed by atoms with Crippen molar-refractivity contribution in [3.05, 3.63) is 104 Å². The van der Waals surface area contributed by atoms with E-state index in [2.05, 4.69) is 45.0 Å². The van der Waals surface area contributed by atoms with Gasteiger partial charge in [0.25, 0.3) is 0 Å². The van der Waals surface area contributed by atoms with Crippen LogP contribution in [-0.4, -0.2) is 0 Å². The van der Waals surface area contributed by atoms with Crippen molar-refractivity contribution in [3.8, 4) is 0 Å². The second-order valence-corrected chi connectivity index (χ2v) is 5.30. The minimum Gasteiger partial charge on any atom is -0.103 e. The number of hydrogen-bond acceptors (Lipinski definition) is 0. The molecule has 22 heavy (non-hydrogen) atoms. The van der Waals surface area contributed by atoms with Crippen LogP contribution < -0.4 is 0 Å². The number of allylic oxidation sites excluding steroid dienone is 5. The Labute approximate surface area is 136 Å². The third kappa shape index (κ3) is 4.46. The van der Waals surface area contributed by atoms with Gasteiger partial charge in [0, 0.05) is 5.92 Å². The van der Waals surface area contributed by atoms with Gasteiger partial charge < -0.3 is 0 Å². The van der Waals surface area contributed by atoms with Gasteiger partial charge in [0.2, 0.25) is 0 Å². The topological polar surface area (TPSA) is 0 Å². The summed E-state index contributed by atoms with van der Waals surface area (Å²) < 4.78 is 0. The molecule has 0 aliphatic rings. The van der Waals surface area contributed by atoms with Crippen LogP contribution in [0.15, 0.2) is 75.4 Å². The third-order valence-corrected chi connectivity index (χ3v) is 3.75. The molecule has 0 heteroatoms. The molecular formula is C22H27. The lowest BCUT2D eigenvalue weighted by atomic mass is 9.82. The van der Waals surface area contributed by atoms with Crippen LogP contribution >= 0.6 is 0 Å². The minimum absolute atomic E-state index is 0.862. The summed E-state index contributed by atoms with van der Waals surface area (Å²) in [5.74, 6) is 1.36. The molecule has 0 aliphatic heterocycles. The summed E-state index contributed by atoms with van der Waals surface area (Å²) in [5, 5.41) is 0. The highest BCUT2D eigenvalue weighted by Gasteiger charge is 2.17. The lowest BCUT2D eigenvalue weighted by Crippen LogP contribution is -2.08. The first-order chi connectivity index (χ1) is 10.7. The van der Waals surface area contributed by atoms with E-state index in [0.717, 1.165) is 32.1 Å². The van der Waals surface area contributed by atoms with Gasteiger partial charge in [0.1, 0.15) is 0 Å². The summed E-state index contributed by atoms with van der Waals surface area (Å²) in [4.78, 5) is 0. The van der Waals surface area contributed by atoms with Gasteiger partial charge >= 0.3 is 0 Å². The molecule has 0 fully saturated rings. The van der Waals surface area contributed by atoms with E-state index in [-0.39, 0.29) is 0 Å². The zero-order valence-corrected chi connectivity index (χ0v) is 13.6. The van der Waals surface area contributed by atoms with E-state index >= 15 is 0 Å². The molecule has 0 saturated carbocycles. The number of rotatable bonds is 11. The van der Waals surface area contributed by atoms with Gasteiger partial charge in [0.15, 0.2) is 0 Å². The Morgan fingerprint density at radius 2 is 1.23 bits per heavy atom. The Morgan fingerprint density at radius 3 is 1.73 bits per heavy atom. The summed E-state index contributed by atoms with van der Waals surface area (Å²) in [5.41, 5.74) is 5.35. The van der Waals surface area contributed by atoms with Crippen molar-refractivity contribution >= 4 is 0 Å². The van der Waals surface area contributed by atoms with Crippen LogP contribution in [0.4, 0.5) is 0 Å². The van der Waals surface area contributed by atoms with E-state index < -0.39 is 0 Å². The average Bonchev–Trinajstić information content (AvgIpc) is 2.51. The van der Waals surface area contributed by atoms with Gasteiger partial charge in [-0.05, 0) is 54.4 Å². The van der Waals surface area contributed by atoms with E-state index in [0.29, 0.717) is 0 Å². The maximum atomic E-state index is 3.93. The normalized spacial score (nSPS) is 10.2. The molecule has 0 aliphatic carbocycles. The van der Waals surface area contributed by atoms with Crippen molar-refractivity contribution in [2.24, 2.45) is 0 Å². The zero-order valence-electron chi connectivity index (χ0n) is 13.6. The molecule has 0 amide bonds. The highest BCUT2D eigenvalue weighted by atomic mass is 14.2. The van der Waals surface area contributed by atoms with Gasteiger partial charge in [-0.1, -0.05) is 42.5 Å². The van der Waals surface area contributed by atoms with Crippen LogP contribution in [0.25, 0.3) is 0 Å². The van der Waals surface area contributed by atoms with E-state index in [4.69, 9.17) is 0 Å². The third-order valence-electron chi connectivity index (χ3n) is 3.75. The maximum Gasteiger partial charge on any atom is 0.0127 e. The second kappa shape index (κ2) is 9.78. The van der Waals surface area contributed by atoms with Crippen LogP contribution in [0.3, 0.4) is 0 Å².